The summed E-state index contributed by atoms with van der Waals surface area (Å²) >= 11 is 6.19. The molecule has 1 saturated heterocycles. The second-order valence-electron chi connectivity index (χ2n) is 8.47. The lowest BCUT2D eigenvalue weighted by Crippen LogP contribution is -2.70. The molecule has 1 amide bonds. The Bertz CT molecular complexity index is 1040. The monoisotopic (exact) mass is 475 g/mol. The Kier molecular flexibility index (Phi) is 7.17. The van der Waals surface area contributed by atoms with E-state index in [1.807, 2.05) is 0 Å². The molecule has 2 aromatic rings. The predicted molar refractivity (Wildman–Crippen MR) is 123 cm³/mol. The lowest BCUT2D eigenvalue weighted by atomic mass is 9.72. The van der Waals surface area contributed by atoms with Crippen LogP contribution in [-0.4, -0.2) is 49.1 Å². The van der Waals surface area contributed by atoms with Crippen molar-refractivity contribution in [2.45, 2.75) is 37.8 Å². The van der Waals surface area contributed by atoms with Crippen molar-refractivity contribution < 1.29 is 23.8 Å². The second-order valence-corrected chi connectivity index (χ2v) is 8.90. The number of benzene rings is 2. The molecule has 4 rings (SSSR count). The molecule has 33 heavy (non-hydrogen) atoms. The molecule has 0 bridgehead atoms. The van der Waals surface area contributed by atoms with E-state index in [4.69, 9.17) is 16.3 Å². The number of halogens is 2. The van der Waals surface area contributed by atoms with E-state index in [1.54, 1.807) is 43.4 Å². The zero-order chi connectivity index (χ0) is 23.5. The van der Waals surface area contributed by atoms with E-state index in [-0.39, 0.29) is 17.4 Å². The molecule has 1 aliphatic carbocycles. The van der Waals surface area contributed by atoms with Crippen LogP contribution in [0.1, 0.15) is 29.6 Å². The largest absolute Gasteiger partial charge is 0.493 e. The van der Waals surface area contributed by atoms with Gasteiger partial charge in [0.1, 0.15) is 18.2 Å². The Morgan fingerprint density at radius 3 is 2.85 bits per heavy atom. The first-order chi connectivity index (χ1) is 15.9. The van der Waals surface area contributed by atoms with E-state index in [0.717, 1.165) is 0 Å². The van der Waals surface area contributed by atoms with E-state index in [9.17, 15) is 19.1 Å². The fourth-order valence-corrected chi connectivity index (χ4v) is 4.95. The third-order valence-electron chi connectivity index (χ3n) is 6.44. The Morgan fingerprint density at radius 2 is 2.09 bits per heavy atom. The van der Waals surface area contributed by atoms with Crippen LogP contribution in [0.5, 0.6) is 5.75 Å². The number of ether oxygens (including phenoxy) is 1. The number of carboxylic acid groups (broad SMARTS) is 1. The number of nitrogens with one attached hydrogen (secondary N) is 3. The summed E-state index contributed by atoms with van der Waals surface area (Å²) in [5, 5.41) is 18.7. The molecule has 2 aliphatic rings. The van der Waals surface area contributed by atoms with Gasteiger partial charge in [-0.3, -0.25) is 15.4 Å². The van der Waals surface area contributed by atoms with Gasteiger partial charge < -0.3 is 15.2 Å². The van der Waals surface area contributed by atoms with Crippen LogP contribution in [0.25, 0.3) is 11.1 Å². The highest BCUT2D eigenvalue weighted by molar-refractivity contribution is 6.31. The van der Waals surface area contributed by atoms with Crippen LogP contribution in [-0.2, 0) is 4.79 Å². The van der Waals surface area contributed by atoms with Crippen molar-refractivity contribution in [1.29, 1.82) is 0 Å². The molecule has 9 heteroatoms. The number of alkyl halides is 1. The minimum absolute atomic E-state index is 0.0154. The molecule has 176 valence electrons. The molecule has 0 aromatic heterocycles. The van der Waals surface area contributed by atoms with Crippen molar-refractivity contribution in [2.24, 2.45) is 11.8 Å². The summed E-state index contributed by atoms with van der Waals surface area (Å²) in [6.45, 7) is 0.334. The number of amides is 1. The van der Waals surface area contributed by atoms with Gasteiger partial charge in [0.25, 0.3) is 0 Å². The van der Waals surface area contributed by atoms with E-state index < -0.39 is 30.4 Å². The van der Waals surface area contributed by atoms with Gasteiger partial charge in [0.15, 0.2) is 0 Å². The highest BCUT2D eigenvalue weighted by Gasteiger charge is 2.47. The smallest absolute Gasteiger partial charge is 0.335 e. The molecular weight excluding hydrogens is 449 g/mol. The second kappa shape index (κ2) is 10.1. The Morgan fingerprint density at radius 1 is 1.27 bits per heavy atom. The number of aromatic carboxylic acids is 1. The zero-order valence-electron chi connectivity index (χ0n) is 18.2. The summed E-state index contributed by atoms with van der Waals surface area (Å²) in [4.78, 5) is 24.1. The highest BCUT2D eigenvalue weighted by atomic mass is 35.5. The number of rotatable bonds is 7. The average Bonchev–Trinajstić information content (AvgIpc) is 2.81. The standard InChI is InChI=1S/C24H27ClFN3O4/c1-27-24-28-21-18(26)7-5-13(20(21)22(30)29-24)9-10-33-19-8-6-16(25)12-17(19)14-3-2-4-15(11-14)23(31)32/h2-4,6,8,11-13,18,20-21,24,27-28H,5,7,9-10H2,1H3,(H,29,30)(H,31,32). The number of carbonyl (C=O) groups excluding carboxylic acids is 1. The molecule has 2 fully saturated rings. The minimum atomic E-state index is -1.07. The Labute approximate surface area is 196 Å². The SMILES string of the molecule is CNC1NC(=O)C2C(CCOc3ccc(Cl)cc3-c3cccc(C(=O)O)c3)CCC(F)C2N1. The molecule has 1 aliphatic heterocycles. The van der Waals surface area contributed by atoms with Gasteiger partial charge in [-0.25, -0.2) is 9.18 Å². The van der Waals surface area contributed by atoms with Crippen LogP contribution in [0.2, 0.25) is 5.02 Å². The van der Waals surface area contributed by atoms with E-state index in [1.165, 1.54) is 6.07 Å². The highest BCUT2D eigenvalue weighted by Crippen LogP contribution is 2.37. The fourth-order valence-electron chi connectivity index (χ4n) is 4.78. The molecule has 7 nitrogen and oxygen atoms in total. The molecule has 5 atom stereocenters. The van der Waals surface area contributed by atoms with Gasteiger partial charge in [0, 0.05) is 10.6 Å². The third-order valence-corrected chi connectivity index (χ3v) is 6.68. The summed E-state index contributed by atoms with van der Waals surface area (Å²) in [6.07, 6.45) is 0.0870. The van der Waals surface area contributed by atoms with Gasteiger partial charge in [0.2, 0.25) is 5.91 Å². The van der Waals surface area contributed by atoms with Crippen LogP contribution in [0.4, 0.5) is 4.39 Å². The number of hydrogen-bond acceptors (Lipinski definition) is 5. The lowest BCUT2D eigenvalue weighted by Gasteiger charge is -2.45. The molecule has 0 radical (unpaired) electrons. The molecule has 1 heterocycles. The molecular formula is C24H27ClFN3O4. The maximum absolute atomic E-state index is 14.6. The van der Waals surface area contributed by atoms with Crippen LogP contribution in [0.15, 0.2) is 42.5 Å². The van der Waals surface area contributed by atoms with Gasteiger partial charge in [-0.2, -0.15) is 0 Å². The molecule has 1 saturated carbocycles. The number of hydrogen-bond donors (Lipinski definition) is 4. The normalized spacial score (nSPS) is 26.9. The molecule has 0 spiro atoms. The van der Waals surface area contributed by atoms with Gasteiger partial charge in [-0.15, -0.1) is 0 Å². The van der Waals surface area contributed by atoms with Crippen molar-refractivity contribution >= 4 is 23.5 Å². The molecule has 2 aromatic carbocycles. The Hall–Kier alpha value is -2.68. The quantitative estimate of drug-likeness (QED) is 0.489. The van der Waals surface area contributed by atoms with E-state index in [2.05, 4.69) is 16.0 Å². The first-order valence-electron chi connectivity index (χ1n) is 11.0. The third kappa shape index (κ3) is 5.13. The summed E-state index contributed by atoms with van der Waals surface area (Å²) in [7, 11) is 1.70. The maximum atomic E-state index is 14.6. The van der Waals surface area contributed by atoms with E-state index >= 15 is 0 Å². The van der Waals surface area contributed by atoms with Crippen molar-refractivity contribution in [2.75, 3.05) is 13.7 Å². The molecule has 4 N–H and O–H groups in total. The minimum Gasteiger partial charge on any atom is -0.493 e. The first kappa shape index (κ1) is 23.5. The Balaban J connectivity index is 1.47. The fraction of sp³-hybridized carbons (Fsp3) is 0.417. The van der Waals surface area contributed by atoms with Gasteiger partial charge >= 0.3 is 5.97 Å². The average molecular weight is 476 g/mol. The summed E-state index contributed by atoms with van der Waals surface area (Å²) in [6, 6.07) is 11.2. The van der Waals surface area contributed by atoms with Gasteiger partial charge in [-0.05, 0) is 68.1 Å². The summed E-state index contributed by atoms with van der Waals surface area (Å²) in [5.74, 6) is -1.07. The van der Waals surface area contributed by atoms with Crippen LogP contribution >= 0.6 is 11.6 Å². The van der Waals surface area contributed by atoms with Crippen molar-refractivity contribution in [3.8, 4) is 16.9 Å². The van der Waals surface area contributed by atoms with Crippen LogP contribution < -0.4 is 20.7 Å². The van der Waals surface area contributed by atoms with Crippen LogP contribution in [0, 0.1) is 11.8 Å². The van der Waals surface area contributed by atoms with Gasteiger partial charge in [-0.1, -0.05) is 23.7 Å². The van der Waals surface area contributed by atoms with E-state index in [0.29, 0.717) is 47.8 Å². The first-order valence-corrected chi connectivity index (χ1v) is 11.4. The van der Waals surface area contributed by atoms with Crippen LogP contribution in [0.3, 0.4) is 0 Å². The van der Waals surface area contributed by atoms with Crippen molar-refractivity contribution in [3.63, 3.8) is 0 Å². The zero-order valence-corrected chi connectivity index (χ0v) is 18.9. The summed E-state index contributed by atoms with van der Waals surface area (Å²) in [5.41, 5.74) is 1.53. The lowest BCUT2D eigenvalue weighted by molar-refractivity contribution is -0.136. The number of carboxylic acids is 1. The van der Waals surface area contributed by atoms with Crippen molar-refractivity contribution in [3.05, 3.63) is 53.1 Å². The van der Waals surface area contributed by atoms with Gasteiger partial charge in [0.05, 0.1) is 24.1 Å². The summed E-state index contributed by atoms with van der Waals surface area (Å²) < 4.78 is 20.6. The number of carbonyl (C=O) groups is 2. The maximum Gasteiger partial charge on any atom is 0.335 e. The topological polar surface area (TPSA) is 99.7 Å². The number of fused-ring (bicyclic) bond motifs is 1. The predicted octanol–water partition coefficient (Wildman–Crippen LogP) is 3.43. The van der Waals surface area contributed by atoms with Crippen molar-refractivity contribution in [1.82, 2.24) is 16.0 Å². The molecule has 5 unspecified atom stereocenters.